The molecule has 2 rings (SSSR count). The van der Waals surface area contributed by atoms with Crippen LogP contribution in [0.5, 0.6) is 0 Å². The van der Waals surface area contributed by atoms with E-state index in [1.807, 2.05) is 36.5 Å². The summed E-state index contributed by atoms with van der Waals surface area (Å²) in [6, 6.07) is 9.60. The van der Waals surface area contributed by atoms with Crippen molar-refractivity contribution >= 4 is 23.3 Å². The molecule has 0 aromatic heterocycles. The van der Waals surface area contributed by atoms with E-state index in [9.17, 15) is 4.79 Å². The Morgan fingerprint density at radius 1 is 1.24 bits per heavy atom. The van der Waals surface area contributed by atoms with E-state index >= 15 is 0 Å². The standard InChI is InChI=1S/C13H15NO2S/c15-13(17)12(11-4-2-1-3-5-11)10-14-6-8-16-9-7-14/h1-5,10H,6-9H2,(H,15,17). The molecule has 0 aliphatic carbocycles. The molecule has 0 radical (unpaired) electrons. The van der Waals surface area contributed by atoms with Gasteiger partial charge in [-0.15, -0.1) is 12.6 Å². The fraction of sp³-hybridized carbons (Fsp3) is 0.308. The van der Waals surface area contributed by atoms with Gasteiger partial charge in [-0.25, -0.2) is 0 Å². The van der Waals surface area contributed by atoms with Gasteiger partial charge >= 0.3 is 0 Å². The first-order chi connectivity index (χ1) is 8.27. The number of morpholine rings is 1. The highest BCUT2D eigenvalue weighted by molar-refractivity contribution is 7.98. The lowest BCUT2D eigenvalue weighted by Crippen LogP contribution is -2.32. The number of hydrogen-bond donors (Lipinski definition) is 1. The average molecular weight is 249 g/mol. The Hall–Kier alpha value is -1.26. The first kappa shape index (κ1) is 12.2. The number of thiol groups is 1. The van der Waals surface area contributed by atoms with Crippen LogP contribution < -0.4 is 0 Å². The van der Waals surface area contributed by atoms with Crippen LogP contribution in [0, 0.1) is 0 Å². The Morgan fingerprint density at radius 3 is 2.47 bits per heavy atom. The summed E-state index contributed by atoms with van der Waals surface area (Å²) >= 11 is 3.94. The summed E-state index contributed by atoms with van der Waals surface area (Å²) in [5.41, 5.74) is 1.54. The van der Waals surface area contributed by atoms with E-state index < -0.39 is 0 Å². The Morgan fingerprint density at radius 2 is 1.88 bits per heavy atom. The summed E-state index contributed by atoms with van der Waals surface area (Å²) < 4.78 is 5.27. The van der Waals surface area contributed by atoms with E-state index in [0.29, 0.717) is 18.8 Å². The van der Waals surface area contributed by atoms with Gasteiger partial charge < -0.3 is 9.64 Å². The van der Waals surface area contributed by atoms with Crippen LogP contribution in [-0.4, -0.2) is 36.3 Å². The van der Waals surface area contributed by atoms with E-state index in [4.69, 9.17) is 4.74 Å². The summed E-state index contributed by atoms with van der Waals surface area (Å²) in [6.07, 6.45) is 1.88. The van der Waals surface area contributed by atoms with Crippen LogP contribution in [0.3, 0.4) is 0 Å². The number of nitrogens with zero attached hydrogens (tertiary/aromatic N) is 1. The van der Waals surface area contributed by atoms with Gasteiger partial charge in [0.15, 0.2) is 0 Å². The number of hydrogen-bond acceptors (Lipinski definition) is 3. The molecule has 17 heavy (non-hydrogen) atoms. The van der Waals surface area contributed by atoms with Gasteiger partial charge in [-0.05, 0) is 5.56 Å². The van der Waals surface area contributed by atoms with Crippen molar-refractivity contribution in [3.63, 3.8) is 0 Å². The monoisotopic (exact) mass is 249 g/mol. The maximum absolute atomic E-state index is 11.6. The molecular formula is C13H15NO2S. The third-order valence-corrected chi connectivity index (χ3v) is 2.91. The molecule has 0 bridgehead atoms. The Bertz CT molecular complexity index is 411. The molecule has 0 unspecified atom stereocenters. The van der Waals surface area contributed by atoms with Crippen molar-refractivity contribution in [3.8, 4) is 0 Å². The van der Waals surface area contributed by atoms with Crippen LogP contribution in [-0.2, 0) is 9.53 Å². The van der Waals surface area contributed by atoms with Crippen molar-refractivity contribution in [2.24, 2.45) is 0 Å². The van der Waals surface area contributed by atoms with E-state index in [0.717, 1.165) is 18.7 Å². The number of benzene rings is 1. The topological polar surface area (TPSA) is 29.5 Å². The van der Waals surface area contributed by atoms with Crippen molar-refractivity contribution in [2.75, 3.05) is 26.3 Å². The summed E-state index contributed by atoms with van der Waals surface area (Å²) in [5, 5.41) is -0.206. The zero-order chi connectivity index (χ0) is 12.1. The van der Waals surface area contributed by atoms with Crippen LogP contribution in [0.25, 0.3) is 5.57 Å². The third-order valence-electron chi connectivity index (χ3n) is 2.67. The normalized spacial score (nSPS) is 17.0. The summed E-state index contributed by atoms with van der Waals surface area (Å²) in [5.74, 6) is 0. The average Bonchev–Trinajstić information content (AvgIpc) is 2.38. The van der Waals surface area contributed by atoms with Gasteiger partial charge in [0.05, 0.1) is 18.8 Å². The largest absolute Gasteiger partial charge is 0.378 e. The highest BCUT2D eigenvalue weighted by atomic mass is 32.1. The highest BCUT2D eigenvalue weighted by Crippen LogP contribution is 2.18. The molecule has 1 aliphatic heterocycles. The second-order valence-corrected chi connectivity index (χ2v) is 4.27. The lowest BCUT2D eigenvalue weighted by molar-refractivity contribution is -0.106. The van der Waals surface area contributed by atoms with E-state index in [2.05, 4.69) is 17.5 Å². The molecule has 1 heterocycles. The van der Waals surface area contributed by atoms with Crippen molar-refractivity contribution in [3.05, 3.63) is 42.1 Å². The molecule has 0 spiro atoms. The van der Waals surface area contributed by atoms with Crippen LogP contribution in [0.1, 0.15) is 5.56 Å². The second-order valence-electron chi connectivity index (χ2n) is 3.86. The fourth-order valence-electron chi connectivity index (χ4n) is 1.76. The van der Waals surface area contributed by atoms with Gasteiger partial charge in [0.1, 0.15) is 0 Å². The second kappa shape index (κ2) is 5.89. The minimum atomic E-state index is -0.206. The van der Waals surface area contributed by atoms with Gasteiger partial charge in [-0.2, -0.15) is 0 Å². The van der Waals surface area contributed by atoms with Gasteiger partial charge in [-0.3, -0.25) is 4.79 Å². The fourth-order valence-corrected chi connectivity index (χ4v) is 1.95. The highest BCUT2D eigenvalue weighted by Gasteiger charge is 2.12. The van der Waals surface area contributed by atoms with Crippen LogP contribution >= 0.6 is 12.6 Å². The minimum Gasteiger partial charge on any atom is -0.378 e. The number of ether oxygens (including phenoxy) is 1. The molecule has 1 aromatic carbocycles. The molecule has 1 aromatic rings. The maximum Gasteiger partial charge on any atom is 0.218 e. The first-order valence-electron chi connectivity index (χ1n) is 5.60. The summed E-state index contributed by atoms with van der Waals surface area (Å²) in [4.78, 5) is 13.7. The third kappa shape index (κ3) is 3.35. The SMILES string of the molecule is O=C(S)C(=CN1CCOCC1)c1ccccc1. The lowest BCUT2D eigenvalue weighted by atomic mass is 10.1. The Kier molecular flexibility index (Phi) is 4.23. The molecule has 0 atom stereocenters. The summed E-state index contributed by atoms with van der Waals surface area (Å²) in [6.45, 7) is 3.05. The van der Waals surface area contributed by atoms with E-state index in [1.165, 1.54) is 0 Å². The van der Waals surface area contributed by atoms with Gasteiger partial charge in [0.2, 0.25) is 5.12 Å². The number of carbonyl (C=O) groups excluding carboxylic acids is 1. The lowest BCUT2D eigenvalue weighted by Gasteiger charge is -2.26. The molecule has 90 valence electrons. The quantitative estimate of drug-likeness (QED) is 0.654. The molecule has 3 nitrogen and oxygen atoms in total. The van der Waals surface area contributed by atoms with Gasteiger partial charge in [0.25, 0.3) is 0 Å². The molecule has 1 saturated heterocycles. The smallest absolute Gasteiger partial charge is 0.218 e. The zero-order valence-corrected chi connectivity index (χ0v) is 10.4. The number of rotatable bonds is 3. The zero-order valence-electron chi connectivity index (χ0n) is 9.50. The van der Waals surface area contributed by atoms with Crippen molar-refractivity contribution in [1.82, 2.24) is 4.90 Å². The molecule has 0 saturated carbocycles. The molecule has 1 aliphatic rings. The van der Waals surface area contributed by atoms with Crippen LogP contribution in [0.4, 0.5) is 0 Å². The Labute approximate surface area is 106 Å². The maximum atomic E-state index is 11.6. The van der Waals surface area contributed by atoms with Crippen molar-refractivity contribution in [2.45, 2.75) is 0 Å². The van der Waals surface area contributed by atoms with Crippen molar-refractivity contribution < 1.29 is 9.53 Å². The molecule has 1 fully saturated rings. The van der Waals surface area contributed by atoms with Crippen LogP contribution in [0.15, 0.2) is 36.5 Å². The Balaban J connectivity index is 2.22. The molecule has 4 heteroatoms. The van der Waals surface area contributed by atoms with Crippen LogP contribution in [0.2, 0.25) is 0 Å². The van der Waals surface area contributed by atoms with E-state index in [-0.39, 0.29) is 5.12 Å². The molecule has 0 N–H and O–H groups in total. The van der Waals surface area contributed by atoms with Crippen molar-refractivity contribution in [1.29, 1.82) is 0 Å². The summed E-state index contributed by atoms with van der Waals surface area (Å²) in [7, 11) is 0. The minimum absolute atomic E-state index is 0.206. The number of carbonyl (C=O) groups is 1. The predicted molar refractivity (Wildman–Crippen MR) is 70.8 cm³/mol. The first-order valence-corrected chi connectivity index (χ1v) is 6.04. The molecule has 0 amide bonds. The molecular weight excluding hydrogens is 234 g/mol. The predicted octanol–water partition coefficient (Wildman–Crippen LogP) is 1.82. The van der Waals surface area contributed by atoms with E-state index in [1.54, 1.807) is 0 Å². The van der Waals surface area contributed by atoms with Gasteiger partial charge in [-0.1, -0.05) is 30.3 Å². The van der Waals surface area contributed by atoms with Gasteiger partial charge in [0, 0.05) is 19.3 Å².